The largest absolute Gasteiger partial charge is 0.472 e. The molecule has 0 aromatic heterocycles. The van der Waals surface area contributed by atoms with E-state index in [0.717, 1.165) is 44.9 Å². The van der Waals surface area contributed by atoms with E-state index < -0.39 is 13.9 Å². The van der Waals surface area contributed by atoms with Gasteiger partial charge in [0, 0.05) is 13.0 Å². The topological polar surface area (TPSA) is 91.3 Å². The Balaban J connectivity index is 4.34. The Kier molecular flexibility index (Phi) is 29.1. The van der Waals surface area contributed by atoms with Crippen molar-refractivity contribution in [3.63, 3.8) is 0 Å². The number of quaternary nitrogens is 1. The number of ether oxygens (including phenoxy) is 2. The molecule has 0 aromatic carbocycles. The van der Waals surface area contributed by atoms with Crippen molar-refractivity contribution in [3.05, 3.63) is 12.2 Å². The van der Waals surface area contributed by atoms with E-state index >= 15 is 0 Å². The molecule has 0 aliphatic heterocycles. The third-order valence-corrected chi connectivity index (χ3v) is 8.56. The molecule has 262 valence electrons. The second-order valence-electron chi connectivity index (χ2n) is 13.3. The molecule has 44 heavy (non-hydrogen) atoms. The second kappa shape index (κ2) is 29.6. The zero-order valence-corrected chi connectivity index (χ0v) is 30.3. The molecule has 0 aromatic rings. The first-order chi connectivity index (χ1) is 21.1. The van der Waals surface area contributed by atoms with E-state index in [4.69, 9.17) is 18.5 Å². The van der Waals surface area contributed by atoms with Crippen molar-refractivity contribution in [1.29, 1.82) is 0 Å². The van der Waals surface area contributed by atoms with Crippen LogP contribution < -0.4 is 0 Å². The lowest BCUT2D eigenvalue weighted by molar-refractivity contribution is -0.870. The predicted molar refractivity (Wildman–Crippen MR) is 183 cm³/mol. The van der Waals surface area contributed by atoms with Crippen LogP contribution in [0, 0.1) is 0 Å². The van der Waals surface area contributed by atoms with Crippen molar-refractivity contribution >= 4 is 13.8 Å². The fourth-order valence-corrected chi connectivity index (χ4v) is 5.46. The fourth-order valence-electron chi connectivity index (χ4n) is 4.72. The van der Waals surface area contributed by atoms with Crippen LogP contribution in [0.3, 0.4) is 0 Å². The number of hydrogen-bond acceptors (Lipinski definition) is 6. The van der Waals surface area contributed by atoms with Crippen molar-refractivity contribution in [2.75, 3.05) is 54.1 Å². The van der Waals surface area contributed by atoms with Crippen molar-refractivity contribution in [2.45, 2.75) is 155 Å². The molecule has 0 amide bonds. The number of carbonyl (C=O) groups excluding carboxylic acids is 1. The van der Waals surface area contributed by atoms with Gasteiger partial charge in [-0.25, -0.2) is 4.57 Å². The van der Waals surface area contributed by atoms with Crippen LogP contribution >= 0.6 is 7.82 Å². The second-order valence-corrected chi connectivity index (χ2v) is 14.7. The molecule has 8 nitrogen and oxygen atoms in total. The highest BCUT2D eigenvalue weighted by molar-refractivity contribution is 7.47. The van der Waals surface area contributed by atoms with Crippen LogP contribution in [0.5, 0.6) is 0 Å². The van der Waals surface area contributed by atoms with Gasteiger partial charge in [-0.15, -0.1) is 0 Å². The summed E-state index contributed by atoms with van der Waals surface area (Å²) < 4.78 is 34.7. The van der Waals surface area contributed by atoms with E-state index in [1.54, 1.807) is 0 Å². The minimum atomic E-state index is -4.26. The normalized spacial score (nSPS) is 14.2. The van der Waals surface area contributed by atoms with Gasteiger partial charge in [-0.1, -0.05) is 116 Å². The maximum atomic E-state index is 12.6. The van der Waals surface area contributed by atoms with Gasteiger partial charge in [0.25, 0.3) is 0 Å². The van der Waals surface area contributed by atoms with E-state index in [-0.39, 0.29) is 25.8 Å². The van der Waals surface area contributed by atoms with E-state index in [2.05, 4.69) is 26.0 Å². The molecular weight excluding hydrogens is 577 g/mol. The number of phosphoric ester groups is 1. The fraction of sp³-hybridized carbons (Fsp3) is 0.914. The summed E-state index contributed by atoms with van der Waals surface area (Å²) in [5.74, 6) is -0.324. The highest BCUT2D eigenvalue weighted by Gasteiger charge is 2.26. The molecule has 0 spiro atoms. The van der Waals surface area contributed by atoms with Gasteiger partial charge in [-0.3, -0.25) is 13.8 Å². The molecule has 0 bridgehead atoms. The third-order valence-electron chi connectivity index (χ3n) is 7.58. The highest BCUT2D eigenvalue weighted by Crippen LogP contribution is 2.43. The minimum Gasteiger partial charge on any atom is -0.457 e. The van der Waals surface area contributed by atoms with Crippen molar-refractivity contribution in [2.24, 2.45) is 0 Å². The van der Waals surface area contributed by atoms with Crippen LogP contribution in [0.4, 0.5) is 0 Å². The number of likely N-dealkylation sites (N-methyl/N-ethyl adjacent to an activating group) is 1. The van der Waals surface area contributed by atoms with E-state index in [1.165, 1.54) is 83.5 Å². The Morgan fingerprint density at radius 3 is 1.77 bits per heavy atom. The zero-order chi connectivity index (χ0) is 32.8. The summed E-state index contributed by atoms with van der Waals surface area (Å²) in [5, 5.41) is 0. The molecule has 0 heterocycles. The van der Waals surface area contributed by atoms with Crippen LogP contribution in [-0.4, -0.2) is 75.6 Å². The zero-order valence-electron chi connectivity index (χ0n) is 29.4. The molecule has 9 heteroatoms. The van der Waals surface area contributed by atoms with Crippen LogP contribution in [0.1, 0.15) is 149 Å². The van der Waals surface area contributed by atoms with Crippen molar-refractivity contribution in [1.82, 2.24) is 0 Å². The van der Waals surface area contributed by atoms with Gasteiger partial charge < -0.3 is 18.9 Å². The van der Waals surface area contributed by atoms with Gasteiger partial charge >= 0.3 is 13.8 Å². The Bertz CT molecular complexity index is 726. The number of allylic oxidation sites excluding steroid dienone is 2. The van der Waals surface area contributed by atoms with Crippen molar-refractivity contribution < 1.29 is 37.3 Å². The molecule has 0 saturated carbocycles. The van der Waals surface area contributed by atoms with Crippen LogP contribution in [-0.2, 0) is 27.9 Å². The third kappa shape index (κ3) is 32.6. The summed E-state index contributed by atoms with van der Waals surface area (Å²) in [7, 11) is 1.66. The molecule has 0 fully saturated rings. The average molecular weight is 649 g/mol. The summed E-state index contributed by atoms with van der Waals surface area (Å²) in [4.78, 5) is 22.7. The molecule has 1 N–H and O–H groups in total. The molecule has 0 saturated heterocycles. The average Bonchev–Trinajstić information content (AvgIpc) is 2.96. The number of phosphoric acid groups is 1. The van der Waals surface area contributed by atoms with Crippen LogP contribution in [0.25, 0.3) is 0 Å². The SMILES string of the molecule is CCCCC/C=C\CCCCCCCC(=O)OC(COCCCCCCCCCCCC)COP(=O)(O)OCC[N+](C)(C)C. The number of nitrogens with zero attached hydrogens (tertiary/aromatic N) is 1. The van der Waals surface area contributed by atoms with E-state index in [0.29, 0.717) is 24.1 Å². The summed E-state index contributed by atoms with van der Waals surface area (Å²) in [5.41, 5.74) is 0. The Hall–Kier alpha value is -0.760. The number of carbonyl (C=O) groups is 1. The number of esters is 1. The van der Waals surface area contributed by atoms with Gasteiger partial charge in [0.2, 0.25) is 0 Å². The summed E-state index contributed by atoms with van der Waals surface area (Å²) >= 11 is 0. The first-order valence-corrected chi connectivity index (χ1v) is 19.4. The molecule has 2 atom stereocenters. The summed E-state index contributed by atoms with van der Waals surface area (Å²) in [6.45, 7) is 5.58. The molecule has 0 aliphatic carbocycles. The monoisotopic (exact) mass is 648 g/mol. The lowest BCUT2D eigenvalue weighted by Gasteiger charge is -2.24. The quantitative estimate of drug-likeness (QED) is 0.0249. The number of unbranched alkanes of at least 4 members (excludes halogenated alkanes) is 17. The summed E-state index contributed by atoms with van der Waals surface area (Å²) in [6, 6.07) is 0. The standard InChI is InChI=1S/C35H70NO7P/c1-6-8-10-12-14-16-18-19-20-22-24-26-28-35(37)43-34(33-42-44(38,39)41-31-29-36(3,4)5)32-40-30-27-25-23-21-17-15-13-11-9-7-2/h14,16,34H,6-13,15,17-33H2,1-5H3/p+1/b16-14-. The number of hydrogen-bond donors (Lipinski definition) is 1. The van der Waals surface area contributed by atoms with Crippen LogP contribution in [0.15, 0.2) is 12.2 Å². The van der Waals surface area contributed by atoms with E-state index in [9.17, 15) is 14.3 Å². The molecule has 0 radical (unpaired) electrons. The first kappa shape index (κ1) is 43.2. The smallest absolute Gasteiger partial charge is 0.457 e. The number of rotatable bonds is 33. The minimum absolute atomic E-state index is 0.0895. The lowest BCUT2D eigenvalue weighted by Crippen LogP contribution is -2.37. The van der Waals surface area contributed by atoms with Crippen molar-refractivity contribution in [3.8, 4) is 0 Å². The summed E-state index contributed by atoms with van der Waals surface area (Å²) in [6.07, 6.45) is 28.0. The van der Waals surface area contributed by atoms with Gasteiger partial charge in [-0.2, -0.15) is 0 Å². The highest BCUT2D eigenvalue weighted by atomic mass is 31.2. The Morgan fingerprint density at radius 1 is 0.682 bits per heavy atom. The Labute approximate surface area is 271 Å². The molecule has 0 aliphatic rings. The van der Waals surface area contributed by atoms with Gasteiger partial charge in [0.15, 0.2) is 0 Å². The first-order valence-electron chi connectivity index (χ1n) is 17.9. The maximum absolute atomic E-state index is 12.6. The Morgan fingerprint density at radius 2 is 1.18 bits per heavy atom. The molecule has 2 unspecified atom stereocenters. The van der Waals surface area contributed by atoms with E-state index in [1.807, 2.05) is 21.1 Å². The van der Waals surface area contributed by atoms with Crippen LogP contribution in [0.2, 0.25) is 0 Å². The lowest BCUT2D eigenvalue weighted by atomic mass is 10.1. The predicted octanol–water partition coefficient (Wildman–Crippen LogP) is 9.54. The molecule has 0 rings (SSSR count). The van der Waals surface area contributed by atoms with Gasteiger partial charge in [-0.05, 0) is 38.5 Å². The van der Waals surface area contributed by atoms with Gasteiger partial charge in [0.05, 0.1) is 34.4 Å². The molecular formula is C35H71NO7P+. The maximum Gasteiger partial charge on any atom is 0.472 e. The van der Waals surface area contributed by atoms with Gasteiger partial charge in [0.1, 0.15) is 19.3 Å².